The number of carbonyl (C=O) groups excluding carboxylic acids is 3. The summed E-state index contributed by atoms with van der Waals surface area (Å²) >= 11 is 0. The summed E-state index contributed by atoms with van der Waals surface area (Å²) in [5.41, 5.74) is 1.67. The van der Waals surface area contributed by atoms with Crippen LogP contribution in [0.2, 0.25) is 0 Å². The molecular weight excluding hydrogens is 500 g/mol. The number of amides is 3. The Morgan fingerprint density at radius 3 is 2.18 bits per heavy atom. The number of benzene rings is 2. The standard InChI is InChI=1S/C29H36N4O6/c34-22-17-25(33(18-22)28(37)23-12-7-13-30-23)27(36)31-21(14-19-8-3-1-4-9-19)16-26(35)32-24(29(38)39)15-20-10-5-2-6-11-20/h1-6,8-11,21-25,30,34H,7,12-18H2,(H,31,36)(H,32,35)(H,38,39)/t21-,22+,23-,24-,25-/m0/s1. The lowest BCUT2D eigenvalue weighted by Gasteiger charge is -2.28. The maximum atomic E-state index is 13.4. The van der Waals surface area contributed by atoms with Crippen LogP contribution in [0.3, 0.4) is 0 Å². The first-order chi connectivity index (χ1) is 18.8. The normalized spacial score (nSPS) is 22.2. The third-order valence-corrected chi connectivity index (χ3v) is 7.24. The third kappa shape index (κ3) is 7.87. The fourth-order valence-electron chi connectivity index (χ4n) is 5.30. The number of likely N-dealkylation sites (tertiary alicyclic amines) is 1. The Morgan fingerprint density at radius 1 is 0.949 bits per heavy atom. The van der Waals surface area contributed by atoms with Crippen LogP contribution in [0.15, 0.2) is 60.7 Å². The molecule has 2 aliphatic rings. The zero-order valence-electron chi connectivity index (χ0n) is 21.8. The molecule has 39 heavy (non-hydrogen) atoms. The van der Waals surface area contributed by atoms with E-state index < -0.39 is 42.0 Å². The quantitative estimate of drug-likeness (QED) is 0.283. The molecular formula is C29H36N4O6. The van der Waals surface area contributed by atoms with E-state index in [1.807, 2.05) is 36.4 Å². The van der Waals surface area contributed by atoms with E-state index in [0.717, 1.165) is 24.1 Å². The maximum absolute atomic E-state index is 13.4. The van der Waals surface area contributed by atoms with E-state index in [0.29, 0.717) is 12.8 Å². The highest BCUT2D eigenvalue weighted by atomic mass is 16.4. The van der Waals surface area contributed by atoms with Gasteiger partial charge in [0.2, 0.25) is 17.7 Å². The van der Waals surface area contributed by atoms with E-state index >= 15 is 0 Å². The second-order valence-electron chi connectivity index (χ2n) is 10.3. The monoisotopic (exact) mass is 536 g/mol. The van der Waals surface area contributed by atoms with Crippen LogP contribution < -0.4 is 16.0 Å². The first kappa shape index (κ1) is 28.3. The van der Waals surface area contributed by atoms with Crippen molar-refractivity contribution in [2.45, 2.75) is 68.8 Å². The largest absolute Gasteiger partial charge is 0.480 e. The molecule has 2 heterocycles. The van der Waals surface area contributed by atoms with Crippen LogP contribution in [-0.2, 0) is 32.0 Å². The van der Waals surface area contributed by atoms with Crippen molar-refractivity contribution in [2.24, 2.45) is 0 Å². The van der Waals surface area contributed by atoms with Crippen molar-refractivity contribution >= 4 is 23.7 Å². The summed E-state index contributed by atoms with van der Waals surface area (Å²) in [5, 5.41) is 28.6. The lowest BCUT2D eigenvalue weighted by Crippen LogP contribution is -2.53. The maximum Gasteiger partial charge on any atom is 0.326 e. The average Bonchev–Trinajstić information content (AvgIpc) is 3.59. The number of aliphatic hydroxyl groups excluding tert-OH is 1. The number of aliphatic carboxylic acids is 1. The number of carbonyl (C=O) groups is 4. The molecule has 208 valence electrons. The number of β-amino-alcohol motifs (C(OH)–C–C–N with tert-alkyl or cyclic N) is 1. The molecule has 2 aromatic rings. The van der Waals surface area contributed by atoms with E-state index in [1.165, 1.54) is 4.90 Å². The van der Waals surface area contributed by atoms with Gasteiger partial charge in [-0.15, -0.1) is 0 Å². The third-order valence-electron chi connectivity index (χ3n) is 7.24. The summed E-state index contributed by atoms with van der Waals surface area (Å²) in [6.45, 7) is 0.818. The molecule has 0 unspecified atom stereocenters. The van der Waals surface area contributed by atoms with Gasteiger partial charge in [-0.3, -0.25) is 14.4 Å². The number of hydrogen-bond acceptors (Lipinski definition) is 6. The SMILES string of the molecule is O=C(C[C@H](Cc1ccccc1)NC(=O)[C@@H]1C[C@@H](O)CN1C(=O)[C@@H]1CCCN1)N[C@@H](Cc1ccccc1)C(=O)O. The first-order valence-corrected chi connectivity index (χ1v) is 13.4. The fourth-order valence-corrected chi connectivity index (χ4v) is 5.30. The van der Waals surface area contributed by atoms with Gasteiger partial charge in [-0.1, -0.05) is 60.7 Å². The molecule has 0 saturated carbocycles. The van der Waals surface area contributed by atoms with Gasteiger partial charge in [0.1, 0.15) is 12.1 Å². The van der Waals surface area contributed by atoms with Crippen LogP contribution in [0.1, 0.15) is 36.8 Å². The Kier molecular flexibility index (Phi) is 9.67. The summed E-state index contributed by atoms with van der Waals surface area (Å²) in [7, 11) is 0. The van der Waals surface area contributed by atoms with Crippen molar-refractivity contribution in [1.29, 1.82) is 0 Å². The van der Waals surface area contributed by atoms with E-state index in [1.54, 1.807) is 24.3 Å². The van der Waals surface area contributed by atoms with Gasteiger partial charge in [0.15, 0.2) is 0 Å². The van der Waals surface area contributed by atoms with Crippen molar-refractivity contribution in [1.82, 2.24) is 20.9 Å². The van der Waals surface area contributed by atoms with Gasteiger partial charge in [0.05, 0.1) is 12.1 Å². The molecule has 0 bridgehead atoms. The second kappa shape index (κ2) is 13.3. The van der Waals surface area contributed by atoms with Crippen LogP contribution >= 0.6 is 0 Å². The van der Waals surface area contributed by atoms with E-state index in [2.05, 4.69) is 16.0 Å². The smallest absolute Gasteiger partial charge is 0.326 e. The van der Waals surface area contributed by atoms with Crippen molar-refractivity contribution in [3.8, 4) is 0 Å². The molecule has 2 aromatic carbocycles. The zero-order chi connectivity index (χ0) is 27.8. The molecule has 0 aromatic heterocycles. The Hall–Kier alpha value is -3.76. The first-order valence-electron chi connectivity index (χ1n) is 13.4. The van der Waals surface area contributed by atoms with Crippen LogP contribution in [0.4, 0.5) is 0 Å². The number of rotatable bonds is 11. The molecule has 2 aliphatic heterocycles. The summed E-state index contributed by atoms with van der Waals surface area (Å²) in [6.07, 6.45) is 1.19. The van der Waals surface area contributed by atoms with Crippen LogP contribution in [0, 0.1) is 0 Å². The predicted octanol–water partition coefficient (Wildman–Crippen LogP) is 0.630. The number of aliphatic hydroxyl groups is 1. The number of nitrogens with one attached hydrogen (secondary N) is 3. The molecule has 5 atom stereocenters. The summed E-state index contributed by atoms with van der Waals surface area (Å²) in [5.74, 6) is -2.29. The van der Waals surface area contributed by atoms with Crippen molar-refractivity contribution < 1.29 is 29.4 Å². The Labute approximate surface area is 227 Å². The van der Waals surface area contributed by atoms with E-state index in [4.69, 9.17) is 0 Å². The summed E-state index contributed by atoms with van der Waals surface area (Å²) in [4.78, 5) is 52.8. The Bertz CT molecular complexity index is 1140. The van der Waals surface area contributed by atoms with Gasteiger partial charge in [0, 0.05) is 31.8 Å². The molecule has 2 fully saturated rings. The van der Waals surface area contributed by atoms with E-state index in [-0.39, 0.29) is 37.8 Å². The molecule has 0 radical (unpaired) electrons. The molecule has 2 saturated heterocycles. The van der Waals surface area contributed by atoms with Gasteiger partial charge >= 0.3 is 5.97 Å². The minimum atomic E-state index is -1.15. The summed E-state index contributed by atoms with van der Waals surface area (Å²) in [6, 6.07) is 15.4. The molecule has 10 nitrogen and oxygen atoms in total. The predicted molar refractivity (Wildman–Crippen MR) is 144 cm³/mol. The molecule has 10 heteroatoms. The Balaban J connectivity index is 1.44. The molecule has 4 rings (SSSR count). The average molecular weight is 537 g/mol. The second-order valence-corrected chi connectivity index (χ2v) is 10.3. The molecule has 3 amide bonds. The van der Waals surface area contributed by atoms with Crippen molar-refractivity contribution in [3.05, 3.63) is 71.8 Å². The number of carboxylic acid groups (broad SMARTS) is 1. The topological polar surface area (TPSA) is 148 Å². The van der Waals surface area contributed by atoms with Crippen LogP contribution in [-0.4, -0.2) is 82.2 Å². The fraction of sp³-hybridized carbons (Fsp3) is 0.448. The van der Waals surface area contributed by atoms with Crippen LogP contribution in [0.25, 0.3) is 0 Å². The lowest BCUT2D eigenvalue weighted by molar-refractivity contribution is -0.142. The van der Waals surface area contributed by atoms with Gasteiger partial charge < -0.3 is 31.1 Å². The highest BCUT2D eigenvalue weighted by Gasteiger charge is 2.42. The van der Waals surface area contributed by atoms with Gasteiger partial charge in [-0.25, -0.2) is 4.79 Å². The Morgan fingerprint density at radius 2 is 1.59 bits per heavy atom. The minimum absolute atomic E-state index is 0.0821. The van der Waals surface area contributed by atoms with Crippen molar-refractivity contribution in [3.63, 3.8) is 0 Å². The molecule has 0 spiro atoms. The highest BCUT2D eigenvalue weighted by molar-refractivity contribution is 5.91. The number of nitrogens with zero attached hydrogens (tertiary/aromatic N) is 1. The summed E-state index contributed by atoms with van der Waals surface area (Å²) < 4.78 is 0. The minimum Gasteiger partial charge on any atom is -0.480 e. The number of hydrogen-bond donors (Lipinski definition) is 5. The number of carboxylic acids is 1. The molecule has 5 N–H and O–H groups in total. The van der Waals surface area contributed by atoms with Gasteiger partial charge in [0.25, 0.3) is 0 Å². The zero-order valence-corrected chi connectivity index (χ0v) is 21.8. The van der Waals surface area contributed by atoms with Gasteiger partial charge in [-0.2, -0.15) is 0 Å². The lowest BCUT2D eigenvalue weighted by atomic mass is 10.0. The van der Waals surface area contributed by atoms with Crippen LogP contribution in [0.5, 0.6) is 0 Å². The molecule has 0 aliphatic carbocycles. The van der Waals surface area contributed by atoms with Crippen molar-refractivity contribution in [2.75, 3.05) is 13.1 Å². The van der Waals surface area contributed by atoms with E-state index in [9.17, 15) is 29.4 Å². The highest BCUT2D eigenvalue weighted by Crippen LogP contribution is 2.22. The van der Waals surface area contributed by atoms with Gasteiger partial charge in [-0.05, 0) is 36.9 Å².